The summed E-state index contributed by atoms with van der Waals surface area (Å²) in [5, 5.41) is 1.10. The monoisotopic (exact) mass is 593 g/mol. The number of benzene rings is 3. The van der Waals surface area contributed by atoms with Gasteiger partial charge in [0, 0.05) is 3.57 Å². The fourth-order valence-corrected chi connectivity index (χ4v) is 3.07. The van der Waals surface area contributed by atoms with E-state index in [-0.39, 0.29) is 0 Å². The maximum Gasteiger partial charge on any atom is 0.346 e. The number of anilines is 2. The molecule has 0 saturated heterocycles. The van der Waals surface area contributed by atoms with Crippen LogP contribution in [0, 0.1) is 50.1 Å². The third-order valence-electron chi connectivity index (χ3n) is 3.94. The van der Waals surface area contributed by atoms with E-state index in [4.69, 9.17) is 11.6 Å². The minimum absolute atomic E-state index is 0.430. The lowest BCUT2D eigenvalue weighted by Gasteiger charge is -2.15. The molecule has 13 heteroatoms. The number of nitrogens with one attached hydrogen (secondary N) is 1. The highest BCUT2D eigenvalue weighted by Gasteiger charge is 2.31. The molecule has 0 aromatic heterocycles. The molecule has 32 heavy (non-hydrogen) atoms. The SMILES string of the molecule is O=C(Oc1c(F)c(F)c(F)c(F)c1F)c1cc(Cl)c(F)c(F)c1Nc1ccc(I)cc1F. The van der Waals surface area contributed by atoms with Gasteiger partial charge in [-0.05, 0) is 46.9 Å². The van der Waals surface area contributed by atoms with Gasteiger partial charge >= 0.3 is 5.97 Å². The van der Waals surface area contributed by atoms with Crippen LogP contribution < -0.4 is 10.1 Å². The van der Waals surface area contributed by atoms with E-state index in [1.807, 2.05) is 0 Å². The van der Waals surface area contributed by atoms with Crippen molar-refractivity contribution >= 4 is 51.5 Å². The van der Waals surface area contributed by atoms with Gasteiger partial charge in [0.2, 0.25) is 34.8 Å². The zero-order valence-corrected chi connectivity index (χ0v) is 17.8. The molecule has 0 saturated carbocycles. The van der Waals surface area contributed by atoms with E-state index in [1.54, 1.807) is 22.6 Å². The van der Waals surface area contributed by atoms with Crippen molar-refractivity contribution in [3.8, 4) is 5.75 Å². The Morgan fingerprint density at radius 2 is 1.38 bits per heavy atom. The predicted molar refractivity (Wildman–Crippen MR) is 105 cm³/mol. The molecule has 0 atom stereocenters. The molecule has 0 aliphatic carbocycles. The molecule has 3 rings (SSSR count). The van der Waals surface area contributed by atoms with Crippen LogP contribution in [0.25, 0.3) is 0 Å². The molecule has 3 nitrogen and oxygen atoms in total. The first-order valence-corrected chi connectivity index (χ1v) is 9.52. The number of rotatable bonds is 4. The lowest BCUT2D eigenvalue weighted by molar-refractivity contribution is 0.0716. The number of carbonyl (C=O) groups excluding carboxylic acids is 1. The number of ether oxygens (including phenoxy) is 1. The smallest absolute Gasteiger partial charge is 0.346 e. The molecule has 0 aliphatic heterocycles. The Morgan fingerprint density at radius 1 is 0.812 bits per heavy atom. The quantitative estimate of drug-likeness (QED) is 0.0883. The topological polar surface area (TPSA) is 38.3 Å². The first-order valence-electron chi connectivity index (χ1n) is 8.07. The maximum absolute atomic E-state index is 14.5. The first-order chi connectivity index (χ1) is 14.9. The summed E-state index contributed by atoms with van der Waals surface area (Å²) in [7, 11) is 0. The zero-order valence-electron chi connectivity index (χ0n) is 14.9. The average molecular weight is 594 g/mol. The lowest BCUT2D eigenvalue weighted by atomic mass is 10.1. The molecule has 0 fully saturated rings. The van der Waals surface area contributed by atoms with Crippen LogP contribution in [0.1, 0.15) is 10.4 Å². The van der Waals surface area contributed by atoms with Crippen molar-refractivity contribution in [2.24, 2.45) is 0 Å². The normalized spacial score (nSPS) is 10.9. The van der Waals surface area contributed by atoms with E-state index < -0.39 is 80.2 Å². The Balaban J connectivity index is 2.11. The van der Waals surface area contributed by atoms with E-state index in [1.165, 1.54) is 6.07 Å². The number of halogens is 10. The van der Waals surface area contributed by atoms with Crippen molar-refractivity contribution in [1.29, 1.82) is 0 Å². The van der Waals surface area contributed by atoms with Gasteiger partial charge in [-0.15, -0.1) is 0 Å². The van der Waals surface area contributed by atoms with Crippen molar-refractivity contribution in [3.05, 3.63) is 85.0 Å². The first kappa shape index (κ1) is 24.0. The summed E-state index contributed by atoms with van der Waals surface area (Å²) in [6.07, 6.45) is 0. The average Bonchev–Trinajstić information content (AvgIpc) is 2.75. The Bertz CT molecular complexity index is 1240. The van der Waals surface area contributed by atoms with E-state index in [9.17, 15) is 39.9 Å². The van der Waals surface area contributed by atoms with Gasteiger partial charge in [0.05, 0.1) is 22.0 Å². The van der Waals surface area contributed by atoms with Crippen LogP contribution in [-0.2, 0) is 0 Å². The van der Waals surface area contributed by atoms with Gasteiger partial charge < -0.3 is 10.1 Å². The highest BCUT2D eigenvalue weighted by Crippen LogP contribution is 2.34. The Kier molecular flexibility index (Phi) is 6.83. The Labute approximate surface area is 192 Å². The summed E-state index contributed by atoms with van der Waals surface area (Å²) in [4.78, 5) is 12.4. The standard InChI is InChI=1S/C19H5ClF8INO2/c20-7-4-6(19(31)32-18-15(27)12(24)11(23)13(25)16(18)28)17(14(26)10(7)22)30-9-2-1-5(29)3-8(9)21/h1-4,30H. The second-order valence-corrected chi connectivity index (χ2v) is 7.60. The number of hydrogen-bond donors (Lipinski definition) is 1. The molecule has 168 valence electrons. The predicted octanol–water partition coefficient (Wildman–Crippen LogP) is 7.02. The van der Waals surface area contributed by atoms with Crippen LogP contribution >= 0.6 is 34.2 Å². The highest BCUT2D eigenvalue weighted by molar-refractivity contribution is 14.1. The number of carbonyl (C=O) groups is 1. The highest BCUT2D eigenvalue weighted by atomic mass is 127. The second-order valence-electron chi connectivity index (χ2n) is 5.95. The molecular formula is C19H5ClF8INO2. The zero-order chi connectivity index (χ0) is 23.9. The Hall–Kier alpha value is -2.61. The van der Waals surface area contributed by atoms with E-state index >= 15 is 0 Å². The number of esters is 1. The van der Waals surface area contributed by atoms with Gasteiger partial charge in [-0.2, -0.15) is 8.78 Å². The summed E-state index contributed by atoms with van der Waals surface area (Å²) in [5.41, 5.74) is -2.55. The molecule has 3 aromatic rings. The molecule has 0 aliphatic rings. The summed E-state index contributed by atoms with van der Waals surface area (Å²) >= 11 is 7.24. The summed E-state index contributed by atoms with van der Waals surface area (Å²) in [6.45, 7) is 0. The van der Waals surface area contributed by atoms with Crippen molar-refractivity contribution in [2.75, 3.05) is 5.32 Å². The molecule has 0 heterocycles. The molecular weight excluding hydrogens is 589 g/mol. The summed E-state index contributed by atoms with van der Waals surface area (Å²) in [6, 6.07) is 3.92. The van der Waals surface area contributed by atoms with Gasteiger partial charge in [-0.1, -0.05) is 11.6 Å². The van der Waals surface area contributed by atoms with Crippen molar-refractivity contribution in [3.63, 3.8) is 0 Å². The third kappa shape index (κ3) is 4.33. The largest absolute Gasteiger partial charge is 0.416 e. The molecule has 0 bridgehead atoms. The minimum atomic E-state index is -2.51. The third-order valence-corrected chi connectivity index (χ3v) is 4.88. The van der Waals surface area contributed by atoms with Crippen LogP contribution in [-0.4, -0.2) is 5.97 Å². The summed E-state index contributed by atoms with van der Waals surface area (Å²) in [5.74, 6) is -20.6. The molecule has 0 spiro atoms. The maximum atomic E-state index is 14.5. The molecule has 0 unspecified atom stereocenters. The Morgan fingerprint density at radius 3 is 1.94 bits per heavy atom. The molecule has 1 N–H and O–H groups in total. The van der Waals surface area contributed by atoms with E-state index in [0.29, 0.717) is 9.64 Å². The van der Waals surface area contributed by atoms with E-state index in [0.717, 1.165) is 12.1 Å². The molecule has 3 aromatic carbocycles. The van der Waals surface area contributed by atoms with Gasteiger partial charge in [-0.25, -0.2) is 31.1 Å². The van der Waals surface area contributed by atoms with Gasteiger partial charge in [0.1, 0.15) is 5.82 Å². The molecule has 0 amide bonds. The number of hydrogen-bond acceptors (Lipinski definition) is 3. The van der Waals surface area contributed by atoms with Crippen molar-refractivity contribution < 1.29 is 44.7 Å². The van der Waals surface area contributed by atoms with Gasteiger partial charge in [0.15, 0.2) is 11.6 Å². The van der Waals surface area contributed by atoms with Crippen molar-refractivity contribution in [2.45, 2.75) is 0 Å². The minimum Gasteiger partial charge on any atom is -0.416 e. The van der Waals surface area contributed by atoms with Crippen LogP contribution in [0.15, 0.2) is 24.3 Å². The fourth-order valence-electron chi connectivity index (χ4n) is 2.43. The second kappa shape index (κ2) is 9.10. The van der Waals surface area contributed by atoms with E-state index in [2.05, 4.69) is 10.1 Å². The van der Waals surface area contributed by atoms with Gasteiger partial charge in [-0.3, -0.25) is 0 Å². The van der Waals surface area contributed by atoms with Gasteiger partial charge in [0.25, 0.3) is 0 Å². The van der Waals surface area contributed by atoms with Crippen LogP contribution in [0.3, 0.4) is 0 Å². The van der Waals surface area contributed by atoms with Crippen LogP contribution in [0.2, 0.25) is 5.02 Å². The van der Waals surface area contributed by atoms with Crippen LogP contribution in [0.4, 0.5) is 46.5 Å². The summed E-state index contributed by atoms with van der Waals surface area (Å²) < 4.78 is 115. The lowest BCUT2D eigenvalue weighted by Crippen LogP contribution is -2.16. The molecule has 0 radical (unpaired) electrons. The van der Waals surface area contributed by atoms with Crippen LogP contribution in [0.5, 0.6) is 5.75 Å². The fraction of sp³-hybridized carbons (Fsp3) is 0. The van der Waals surface area contributed by atoms with Crippen molar-refractivity contribution in [1.82, 2.24) is 0 Å².